The van der Waals surface area contributed by atoms with Crippen LogP contribution in [-0.4, -0.2) is 17.9 Å². The summed E-state index contributed by atoms with van der Waals surface area (Å²) in [5.41, 5.74) is 3.52. The summed E-state index contributed by atoms with van der Waals surface area (Å²) in [7, 11) is 0. The molecule has 5 nitrogen and oxygen atoms in total. The Bertz CT molecular complexity index is 1070. The highest BCUT2D eigenvalue weighted by Gasteiger charge is 2.60. The molecule has 0 bridgehead atoms. The molecule has 2 saturated heterocycles. The number of imide groups is 1. The van der Waals surface area contributed by atoms with Crippen molar-refractivity contribution in [2.24, 2.45) is 5.92 Å². The molecular formula is C25H22N2O3. The highest BCUT2D eigenvalue weighted by molar-refractivity contribution is 6.23. The van der Waals surface area contributed by atoms with E-state index in [4.69, 9.17) is 4.84 Å². The normalized spacial score (nSPS) is 23.2. The summed E-state index contributed by atoms with van der Waals surface area (Å²) in [6.45, 7) is 2.07. The maximum Gasteiger partial charge on any atom is 0.266 e. The number of rotatable bonds is 4. The Kier molecular flexibility index (Phi) is 4.60. The molecule has 2 heterocycles. The van der Waals surface area contributed by atoms with Crippen molar-refractivity contribution in [3.05, 3.63) is 96.1 Å². The van der Waals surface area contributed by atoms with Gasteiger partial charge in [-0.05, 0) is 41.8 Å². The van der Waals surface area contributed by atoms with Crippen LogP contribution >= 0.6 is 0 Å². The Labute approximate surface area is 175 Å². The van der Waals surface area contributed by atoms with E-state index in [0.717, 1.165) is 23.2 Å². The van der Waals surface area contributed by atoms with Crippen LogP contribution in [0.2, 0.25) is 0 Å². The van der Waals surface area contributed by atoms with Gasteiger partial charge in [-0.15, -0.1) is 0 Å². The predicted octanol–water partition coefficient (Wildman–Crippen LogP) is 4.30. The summed E-state index contributed by atoms with van der Waals surface area (Å²) in [4.78, 5) is 34.2. The van der Waals surface area contributed by atoms with Crippen LogP contribution in [0.5, 0.6) is 0 Å². The zero-order chi connectivity index (χ0) is 20.7. The molecule has 2 aliphatic rings. The number of benzene rings is 3. The average Bonchev–Trinajstić information content (AvgIpc) is 3.31. The third kappa shape index (κ3) is 2.90. The Morgan fingerprint density at radius 2 is 1.40 bits per heavy atom. The summed E-state index contributed by atoms with van der Waals surface area (Å²) in [6, 6.07) is 26.6. The lowest BCUT2D eigenvalue weighted by Crippen LogP contribution is -2.37. The number of carbonyl (C=O) groups excluding carboxylic acids is 2. The van der Waals surface area contributed by atoms with Gasteiger partial charge in [-0.25, -0.2) is 9.96 Å². The number of hydroxylamine groups is 1. The number of anilines is 2. The van der Waals surface area contributed by atoms with Gasteiger partial charge < -0.3 is 0 Å². The van der Waals surface area contributed by atoms with Crippen LogP contribution in [0.25, 0.3) is 0 Å². The highest BCUT2D eigenvalue weighted by Crippen LogP contribution is 2.47. The zero-order valence-corrected chi connectivity index (χ0v) is 16.6. The van der Waals surface area contributed by atoms with Gasteiger partial charge in [-0.2, -0.15) is 0 Å². The first kappa shape index (κ1) is 18.6. The second kappa shape index (κ2) is 7.43. The molecule has 0 saturated carbocycles. The Hall–Kier alpha value is -3.44. The van der Waals surface area contributed by atoms with E-state index in [1.54, 1.807) is 5.06 Å². The third-order valence-corrected chi connectivity index (χ3v) is 5.87. The molecule has 0 spiro atoms. The smallest absolute Gasteiger partial charge is 0.266 e. The van der Waals surface area contributed by atoms with Crippen molar-refractivity contribution in [1.29, 1.82) is 0 Å². The molecule has 2 aliphatic heterocycles. The molecule has 0 radical (unpaired) electrons. The Morgan fingerprint density at radius 1 is 0.767 bits per heavy atom. The molecule has 0 aromatic heterocycles. The fourth-order valence-corrected chi connectivity index (χ4v) is 4.34. The lowest BCUT2D eigenvalue weighted by Gasteiger charge is -2.28. The molecule has 30 heavy (non-hydrogen) atoms. The van der Waals surface area contributed by atoms with Gasteiger partial charge in [0.15, 0.2) is 6.10 Å². The van der Waals surface area contributed by atoms with E-state index in [9.17, 15) is 9.59 Å². The van der Waals surface area contributed by atoms with E-state index in [1.807, 2.05) is 84.9 Å². The van der Waals surface area contributed by atoms with Crippen molar-refractivity contribution in [1.82, 2.24) is 0 Å². The van der Waals surface area contributed by atoms with E-state index < -0.39 is 12.0 Å². The maximum absolute atomic E-state index is 13.5. The van der Waals surface area contributed by atoms with E-state index in [0.29, 0.717) is 5.69 Å². The van der Waals surface area contributed by atoms with Crippen molar-refractivity contribution < 1.29 is 14.4 Å². The predicted molar refractivity (Wildman–Crippen MR) is 115 cm³/mol. The first-order valence-corrected chi connectivity index (χ1v) is 10.2. The molecule has 2 fully saturated rings. The molecule has 0 unspecified atom stereocenters. The summed E-state index contributed by atoms with van der Waals surface area (Å²) in [5.74, 6) is -1.14. The second-order valence-corrected chi connectivity index (χ2v) is 7.60. The van der Waals surface area contributed by atoms with Crippen molar-refractivity contribution in [3.8, 4) is 0 Å². The minimum Gasteiger partial charge on any atom is -0.273 e. The number of nitrogens with zero attached hydrogens (tertiary/aromatic N) is 2. The van der Waals surface area contributed by atoms with Gasteiger partial charge >= 0.3 is 0 Å². The quantitative estimate of drug-likeness (QED) is 0.615. The van der Waals surface area contributed by atoms with Crippen LogP contribution in [0, 0.1) is 5.92 Å². The van der Waals surface area contributed by atoms with Crippen LogP contribution in [0.15, 0.2) is 84.9 Å². The highest BCUT2D eigenvalue weighted by atomic mass is 16.7. The molecule has 0 N–H and O–H groups in total. The fraction of sp³-hybridized carbons (Fsp3) is 0.200. The van der Waals surface area contributed by atoms with Gasteiger partial charge in [-0.3, -0.25) is 14.4 Å². The van der Waals surface area contributed by atoms with Crippen LogP contribution < -0.4 is 9.96 Å². The maximum atomic E-state index is 13.5. The van der Waals surface area contributed by atoms with Gasteiger partial charge in [0.1, 0.15) is 5.92 Å². The SMILES string of the molecule is CCc1ccc(N2C(=O)[C@H]3[C@@H](ON(c4ccccc4)[C@H]3c3ccccc3)C2=O)cc1. The molecule has 3 atom stereocenters. The average molecular weight is 398 g/mol. The van der Waals surface area contributed by atoms with Gasteiger partial charge in [0.05, 0.1) is 17.4 Å². The number of aryl methyl sites for hydroxylation is 1. The standard InChI is InChI=1S/C25H22N2O3/c1-2-17-13-15-19(16-14-17)26-24(28)21-22(18-9-5-3-6-10-18)27(30-23(21)25(26)29)20-11-7-4-8-12-20/h3-16,21-23H,2H2,1H3/t21-,22+,23-/m1/s1. The van der Waals surface area contributed by atoms with Crippen molar-refractivity contribution in [2.45, 2.75) is 25.5 Å². The van der Waals surface area contributed by atoms with E-state index in [-0.39, 0.29) is 17.9 Å². The van der Waals surface area contributed by atoms with Crippen LogP contribution in [0.4, 0.5) is 11.4 Å². The molecule has 2 amide bonds. The molecule has 5 rings (SSSR count). The number of para-hydroxylation sites is 1. The van der Waals surface area contributed by atoms with Crippen molar-refractivity contribution in [2.75, 3.05) is 9.96 Å². The largest absolute Gasteiger partial charge is 0.273 e. The summed E-state index contributed by atoms with van der Waals surface area (Å²) < 4.78 is 0. The lowest BCUT2D eigenvalue weighted by atomic mass is 9.90. The molecule has 5 heteroatoms. The van der Waals surface area contributed by atoms with Crippen LogP contribution in [0.3, 0.4) is 0 Å². The first-order valence-electron chi connectivity index (χ1n) is 10.2. The minimum atomic E-state index is -0.839. The van der Waals surface area contributed by atoms with Crippen molar-refractivity contribution >= 4 is 23.2 Å². The number of carbonyl (C=O) groups is 2. The third-order valence-electron chi connectivity index (χ3n) is 5.87. The molecule has 3 aromatic carbocycles. The summed E-state index contributed by atoms with van der Waals surface area (Å²) in [6.07, 6.45) is 0.0623. The number of hydrogen-bond acceptors (Lipinski definition) is 4. The molecular weight excluding hydrogens is 376 g/mol. The molecule has 3 aromatic rings. The first-order chi connectivity index (χ1) is 14.7. The monoisotopic (exact) mass is 398 g/mol. The number of fused-ring (bicyclic) bond motifs is 1. The van der Waals surface area contributed by atoms with E-state index >= 15 is 0 Å². The van der Waals surface area contributed by atoms with Gasteiger partial charge in [0.25, 0.3) is 5.91 Å². The number of hydrogen-bond donors (Lipinski definition) is 0. The molecule has 0 aliphatic carbocycles. The lowest BCUT2D eigenvalue weighted by molar-refractivity contribution is -0.126. The zero-order valence-electron chi connectivity index (χ0n) is 16.6. The summed E-state index contributed by atoms with van der Waals surface area (Å²) >= 11 is 0. The van der Waals surface area contributed by atoms with E-state index in [1.165, 1.54) is 4.90 Å². The minimum absolute atomic E-state index is 0.221. The van der Waals surface area contributed by atoms with Crippen molar-refractivity contribution in [3.63, 3.8) is 0 Å². The van der Waals surface area contributed by atoms with Crippen LogP contribution in [0.1, 0.15) is 24.1 Å². The van der Waals surface area contributed by atoms with Crippen LogP contribution in [-0.2, 0) is 20.8 Å². The Morgan fingerprint density at radius 3 is 2.03 bits per heavy atom. The topological polar surface area (TPSA) is 49.9 Å². The van der Waals surface area contributed by atoms with Gasteiger partial charge in [-0.1, -0.05) is 67.6 Å². The molecule has 150 valence electrons. The fourth-order valence-electron chi connectivity index (χ4n) is 4.34. The second-order valence-electron chi connectivity index (χ2n) is 7.60. The summed E-state index contributed by atoms with van der Waals surface area (Å²) in [5, 5.41) is 1.72. The van der Waals surface area contributed by atoms with Gasteiger partial charge in [0.2, 0.25) is 5.91 Å². The number of amides is 2. The van der Waals surface area contributed by atoms with Gasteiger partial charge in [0, 0.05) is 0 Å². The van der Waals surface area contributed by atoms with E-state index in [2.05, 4.69) is 6.92 Å². The Balaban J connectivity index is 1.55.